The van der Waals surface area contributed by atoms with Crippen molar-refractivity contribution in [2.24, 2.45) is 0 Å². The number of carbonyl (C=O) groups excluding carboxylic acids is 1. The molecule has 0 saturated carbocycles. The van der Waals surface area contributed by atoms with Gasteiger partial charge in [-0.25, -0.2) is 0 Å². The number of hydrogen-bond donors (Lipinski definition) is 0. The Morgan fingerprint density at radius 3 is 2.83 bits per heavy atom. The van der Waals surface area contributed by atoms with Gasteiger partial charge in [-0.3, -0.25) is 4.79 Å². The number of benzene rings is 1. The van der Waals surface area contributed by atoms with Gasteiger partial charge >= 0.3 is 0 Å². The van der Waals surface area contributed by atoms with Crippen molar-refractivity contribution >= 4 is 23.1 Å². The molecule has 4 heteroatoms. The van der Waals surface area contributed by atoms with E-state index < -0.39 is 0 Å². The van der Waals surface area contributed by atoms with Gasteiger partial charge < -0.3 is 9.64 Å². The summed E-state index contributed by atoms with van der Waals surface area (Å²) in [5.74, 6) is 0.922. The Morgan fingerprint density at radius 2 is 2.22 bits per heavy atom. The molecule has 0 aromatic heterocycles. The normalized spacial score (nSPS) is 15.2. The van der Waals surface area contributed by atoms with Crippen LogP contribution in [0.4, 0.5) is 0 Å². The number of carbonyl (C=O) groups is 1. The molecule has 1 aromatic rings. The van der Waals surface area contributed by atoms with Crippen molar-refractivity contribution in [1.82, 2.24) is 4.90 Å². The van der Waals surface area contributed by atoms with Crippen molar-refractivity contribution in [1.29, 1.82) is 0 Å². The zero-order chi connectivity index (χ0) is 13.0. The summed E-state index contributed by atoms with van der Waals surface area (Å²) in [6.45, 7) is 1.34. The van der Waals surface area contributed by atoms with Gasteiger partial charge in [0.15, 0.2) is 0 Å². The first-order valence-electron chi connectivity index (χ1n) is 5.92. The van der Waals surface area contributed by atoms with E-state index in [-0.39, 0.29) is 11.8 Å². The lowest BCUT2D eigenvalue weighted by Gasteiger charge is -2.26. The van der Waals surface area contributed by atoms with Crippen LogP contribution in [0.1, 0.15) is 12.0 Å². The van der Waals surface area contributed by atoms with Gasteiger partial charge in [-0.15, -0.1) is 11.6 Å². The first-order valence-corrected chi connectivity index (χ1v) is 6.46. The van der Waals surface area contributed by atoms with Crippen LogP contribution < -0.4 is 4.74 Å². The molecule has 0 saturated heterocycles. The molecule has 0 unspecified atom stereocenters. The molecule has 0 bridgehead atoms. The molecular formula is C14H16ClNO2. The summed E-state index contributed by atoms with van der Waals surface area (Å²) >= 11 is 5.55. The standard InChI is InChI=1S/C14H16ClNO2/c1-18-13-5-3-2-4-12(13)11-6-8-16(9-7-11)14(17)10-15/h2-6H,7-10H2,1H3. The molecule has 2 rings (SSSR count). The quantitative estimate of drug-likeness (QED) is 0.786. The highest BCUT2D eigenvalue weighted by atomic mass is 35.5. The van der Waals surface area contributed by atoms with Crippen molar-refractivity contribution in [3.8, 4) is 5.75 Å². The average Bonchev–Trinajstić information content (AvgIpc) is 2.46. The SMILES string of the molecule is COc1ccccc1C1=CCN(C(=O)CCl)CC1. The van der Waals surface area contributed by atoms with Crippen LogP contribution >= 0.6 is 11.6 Å². The van der Waals surface area contributed by atoms with Crippen LogP contribution in [-0.4, -0.2) is 36.9 Å². The Hall–Kier alpha value is -1.48. The average molecular weight is 266 g/mol. The first kappa shape index (κ1) is 13.0. The highest BCUT2D eigenvalue weighted by Crippen LogP contribution is 2.29. The number of halogens is 1. The molecule has 0 aliphatic carbocycles. The summed E-state index contributed by atoms with van der Waals surface area (Å²) < 4.78 is 5.35. The maximum atomic E-state index is 11.5. The van der Waals surface area contributed by atoms with Gasteiger partial charge in [0.25, 0.3) is 0 Å². The fourth-order valence-electron chi connectivity index (χ4n) is 2.13. The molecule has 96 valence electrons. The topological polar surface area (TPSA) is 29.5 Å². The Balaban J connectivity index is 2.16. The second kappa shape index (κ2) is 5.91. The van der Waals surface area contributed by atoms with E-state index in [4.69, 9.17) is 16.3 Å². The molecule has 0 radical (unpaired) electrons. The lowest BCUT2D eigenvalue weighted by Crippen LogP contribution is -2.35. The van der Waals surface area contributed by atoms with Gasteiger partial charge in [-0.2, -0.15) is 0 Å². The van der Waals surface area contributed by atoms with E-state index in [0.29, 0.717) is 6.54 Å². The van der Waals surface area contributed by atoms with Crippen molar-refractivity contribution in [2.75, 3.05) is 26.1 Å². The molecule has 18 heavy (non-hydrogen) atoms. The number of alkyl halides is 1. The smallest absolute Gasteiger partial charge is 0.237 e. The van der Waals surface area contributed by atoms with E-state index in [0.717, 1.165) is 24.3 Å². The number of hydrogen-bond acceptors (Lipinski definition) is 2. The molecule has 1 aliphatic rings. The molecule has 1 heterocycles. The summed E-state index contributed by atoms with van der Waals surface area (Å²) in [5, 5.41) is 0. The third-order valence-corrected chi connectivity index (χ3v) is 3.36. The van der Waals surface area contributed by atoms with E-state index in [1.807, 2.05) is 24.3 Å². The van der Waals surface area contributed by atoms with Gasteiger partial charge in [0.2, 0.25) is 5.91 Å². The van der Waals surface area contributed by atoms with Crippen LogP contribution in [-0.2, 0) is 4.79 Å². The van der Waals surface area contributed by atoms with Crippen LogP contribution in [0, 0.1) is 0 Å². The number of amides is 1. The fourth-order valence-corrected chi connectivity index (χ4v) is 2.30. The van der Waals surface area contributed by atoms with E-state index in [1.165, 1.54) is 5.57 Å². The van der Waals surface area contributed by atoms with Crippen molar-refractivity contribution < 1.29 is 9.53 Å². The third-order valence-electron chi connectivity index (χ3n) is 3.13. The van der Waals surface area contributed by atoms with Crippen LogP contribution in [0.3, 0.4) is 0 Å². The van der Waals surface area contributed by atoms with Crippen LogP contribution in [0.5, 0.6) is 5.75 Å². The van der Waals surface area contributed by atoms with E-state index in [1.54, 1.807) is 12.0 Å². The second-order valence-corrected chi connectivity index (χ2v) is 4.42. The minimum absolute atomic E-state index is 0.00741. The monoisotopic (exact) mass is 265 g/mol. The third kappa shape index (κ3) is 2.67. The zero-order valence-electron chi connectivity index (χ0n) is 10.4. The minimum atomic E-state index is -0.00741. The van der Waals surface area contributed by atoms with Crippen molar-refractivity contribution in [2.45, 2.75) is 6.42 Å². The molecule has 1 aromatic carbocycles. The molecular weight excluding hydrogens is 250 g/mol. The van der Waals surface area contributed by atoms with Crippen molar-refractivity contribution in [3.05, 3.63) is 35.9 Å². The number of para-hydroxylation sites is 1. The molecule has 0 spiro atoms. The minimum Gasteiger partial charge on any atom is -0.496 e. The highest BCUT2D eigenvalue weighted by molar-refractivity contribution is 6.27. The Bertz CT molecular complexity index is 471. The summed E-state index contributed by atoms with van der Waals surface area (Å²) in [6.07, 6.45) is 2.91. The van der Waals surface area contributed by atoms with Gasteiger partial charge in [0.1, 0.15) is 11.6 Å². The molecule has 0 N–H and O–H groups in total. The maximum Gasteiger partial charge on any atom is 0.237 e. The van der Waals surface area contributed by atoms with E-state index in [2.05, 4.69) is 6.08 Å². The van der Waals surface area contributed by atoms with Crippen LogP contribution in [0.25, 0.3) is 5.57 Å². The Labute approximate surface area is 112 Å². The summed E-state index contributed by atoms with van der Waals surface area (Å²) in [5.41, 5.74) is 2.34. The molecule has 3 nitrogen and oxygen atoms in total. The number of rotatable bonds is 3. The second-order valence-electron chi connectivity index (χ2n) is 4.15. The summed E-state index contributed by atoms with van der Waals surface area (Å²) in [7, 11) is 1.67. The summed E-state index contributed by atoms with van der Waals surface area (Å²) in [4.78, 5) is 13.2. The summed E-state index contributed by atoms with van der Waals surface area (Å²) in [6, 6.07) is 7.94. The fraction of sp³-hybridized carbons (Fsp3) is 0.357. The van der Waals surface area contributed by atoms with E-state index >= 15 is 0 Å². The van der Waals surface area contributed by atoms with E-state index in [9.17, 15) is 4.79 Å². The van der Waals surface area contributed by atoms with Crippen LogP contribution in [0.2, 0.25) is 0 Å². The lowest BCUT2D eigenvalue weighted by molar-refractivity contribution is -0.128. The van der Waals surface area contributed by atoms with Gasteiger partial charge in [0.05, 0.1) is 7.11 Å². The van der Waals surface area contributed by atoms with Gasteiger partial charge in [-0.1, -0.05) is 24.3 Å². The maximum absolute atomic E-state index is 11.5. The highest BCUT2D eigenvalue weighted by Gasteiger charge is 2.18. The van der Waals surface area contributed by atoms with Crippen LogP contribution in [0.15, 0.2) is 30.3 Å². The molecule has 0 fully saturated rings. The molecule has 1 amide bonds. The van der Waals surface area contributed by atoms with Crippen molar-refractivity contribution in [3.63, 3.8) is 0 Å². The lowest BCUT2D eigenvalue weighted by atomic mass is 9.98. The van der Waals surface area contributed by atoms with Gasteiger partial charge in [-0.05, 0) is 18.1 Å². The number of methoxy groups -OCH3 is 1. The largest absolute Gasteiger partial charge is 0.496 e. The van der Waals surface area contributed by atoms with Gasteiger partial charge in [0, 0.05) is 18.7 Å². The number of nitrogens with zero attached hydrogens (tertiary/aromatic N) is 1. The zero-order valence-corrected chi connectivity index (χ0v) is 11.1. The number of ether oxygens (including phenoxy) is 1. The predicted molar refractivity (Wildman–Crippen MR) is 72.9 cm³/mol. The molecule has 1 aliphatic heterocycles. The first-order chi connectivity index (χ1) is 8.76. The predicted octanol–water partition coefficient (Wildman–Crippen LogP) is 2.55. The molecule has 0 atom stereocenters. The Morgan fingerprint density at radius 1 is 1.44 bits per heavy atom. The Kier molecular flexibility index (Phi) is 4.26.